The van der Waals surface area contributed by atoms with Gasteiger partial charge in [0.15, 0.2) is 0 Å². The topological polar surface area (TPSA) is 164 Å². The molecule has 0 saturated carbocycles. The van der Waals surface area contributed by atoms with Crippen LogP contribution in [0, 0.1) is 0 Å². The van der Waals surface area contributed by atoms with E-state index in [0.29, 0.717) is 6.42 Å². The molecule has 0 N–H and O–H groups in total. The second-order valence-electron chi connectivity index (χ2n) is 6.71. The number of hydrogen-bond donors (Lipinski definition) is 0. The van der Waals surface area contributed by atoms with Crippen LogP contribution in [0.2, 0.25) is 0 Å². The van der Waals surface area contributed by atoms with Crippen LogP contribution in [0.25, 0.3) is 11.4 Å². The van der Waals surface area contributed by atoms with Crippen molar-refractivity contribution >= 4 is 20.2 Å². The van der Waals surface area contributed by atoms with Crippen molar-refractivity contribution in [2.24, 2.45) is 0 Å². The summed E-state index contributed by atoms with van der Waals surface area (Å²) in [5.41, 5.74) is -0.379. The number of rotatable bonds is 7. The Morgan fingerprint density at radius 1 is 0.735 bits per heavy atom. The molecule has 0 saturated heterocycles. The van der Waals surface area contributed by atoms with Gasteiger partial charge in [-0.2, -0.15) is 0 Å². The third-order valence-electron chi connectivity index (χ3n) is 4.62. The Kier molecular flexibility index (Phi) is 13.6. The Bertz CT molecular complexity index is 1380. The Balaban J connectivity index is 0.00000363. The van der Waals surface area contributed by atoms with Crippen molar-refractivity contribution in [3.63, 3.8) is 0 Å². The summed E-state index contributed by atoms with van der Waals surface area (Å²) < 4.78 is 69.0. The van der Waals surface area contributed by atoms with E-state index >= 15 is 0 Å². The molecule has 1 heterocycles. The zero-order chi connectivity index (χ0) is 23.0. The van der Waals surface area contributed by atoms with Crippen LogP contribution in [-0.2, 0) is 26.7 Å². The fourth-order valence-electron chi connectivity index (χ4n) is 3.07. The van der Waals surface area contributed by atoms with Crippen LogP contribution in [0.15, 0.2) is 63.1 Å². The molecule has 2 aromatic carbocycles. The maximum atomic E-state index is 13.0. The summed E-state index contributed by atoms with van der Waals surface area (Å²) in [5, 5.41) is 13.0. The van der Waals surface area contributed by atoms with E-state index in [1.54, 1.807) is 0 Å². The second kappa shape index (κ2) is 13.6. The predicted molar refractivity (Wildman–Crippen MR) is 105 cm³/mol. The summed E-state index contributed by atoms with van der Waals surface area (Å²) >= 11 is 0. The van der Waals surface area contributed by atoms with Crippen LogP contribution >= 0.6 is 0 Å². The van der Waals surface area contributed by atoms with Gasteiger partial charge in [-0.3, -0.25) is 9.48 Å². The van der Waals surface area contributed by atoms with E-state index in [9.17, 15) is 35.8 Å². The van der Waals surface area contributed by atoms with Crippen LogP contribution in [0.3, 0.4) is 0 Å². The largest absolute Gasteiger partial charge is 1.00 e. The molecule has 0 unspecified atom stereocenters. The van der Waals surface area contributed by atoms with Crippen molar-refractivity contribution in [3.8, 4) is 17.3 Å². The quantitative estimate of drug-likeness (QED) is 0.213. The summed E-state index contributed by atoms with van der Waals surface area (Å²) in [5.74, 6) is -0.628. The molecule has 15 heteroatoms. The Hall–Kier alpha value is 0.0700. The van der Waals surface area contributed by atoms with Crippen molar-refractivity contribution in [2.75, 3.05) is 0 Å². The maximum Gasteiger partial charge on any atom is 1.00 e. The zero-order valence-corrected chi connectivity index (χ0v) is 26.9. The van der Waals surface area contributed by atoms with E-state index in [-0.39, 0.29) is 112 Å². The molecule has 0 atom stereocenters. The van der Waals surface area contributed by atoms with Gasteiger partial charge >= 0.3 is 88.7 Å². The summed E-state index contributed by atoms with van der Waals surface area (Å²) in [6, 6.07) is 8.92. The van der Waals surface area contributed by atoms with Crippen LogP contribution < -0.4 is 99.3 Å². The average molecular weight is 534 g/mol. The average Bonchev–Trinajstić information content (AvgIpc) is 2.95. The van der Waals surface area contributed by atoms with Crippen molar-refractivity contribution in [1.82, 2.24) is 9.36 Å². The maximum absolute atomic E-state index is 13.0. The van der Waals surface area contributed by atoms with E-state index in [4.69, 9.17) is 0 Å². The molecule has 1 aromatic heterocycles. The van der Waals surface area contributed by atoms with Crippen LogP contribution in [-0.4, -0.2) is 35.3 Å². The Labute approximate surface area is 263 Å². The Morgan fingerprint density at radius 3 is 1.47 bits per heavy atom. The molecular weight excluding hydrogens is 517 g/mol. The number of nitrogens with zero attached hydrogens (tertiary/aromatic N) is 2. The predicted octanol–water partition coefficient (Wildman–Crippen LogP) is -8.14. The molecule has 0 bridgehead atoms. The summed E-state index contributed by atoms with van der Waals surface area (Å²) in [4.78, 5) is 12.0. The van der Waals surface area contributed by atoms with E-state index in [2.05, 4.69) is 0 Å². The van der Waals surface area contributed by atoms with Crippen molar-refractivity contribution < 1.29 is 120 Å². The first kappa shape index (κ1) is 34.1. The van der Waals surface area contributed by atoms with Crippen molar-refractivity contribution in [3.05, 3.63) is 64.4 Å². The number of aromatic nitrogens is 2. The van der Waals surface area contributed by atoms with E-state index in [0.717, 1.165) is 40.0 Å². The van der Waals surface area contributed by atoms with Gasteiger partial charge in [-0.05, 0) is 67.3 Å². The standard InChI is InChI=1S/C19H20N2O8S2.3Na/c1-2-3-4-17-18(22)20(13-5-9-15(10-6-13)30(24,25)26)21(19(17)23)14-7-11-16(12-8-14)31(27,28)29;;;/h5-12,22H,2-4H2,1H3,(H,24,25,26)(H,27,28,29);;;/q;3*+1/p-3. The van der Waals surface area contributed by atoms with Crippen LogP contribution in [0.5, 0.6) is 5.88 Å². The summed E-state index contributed by atoms with van der Waals surface area (Å²) in [6.07, 6.45) is 1.52. The molecule has 0 amide bonds. The molecule has 0 aliphatic rings. The first-order valence-electron chi connectivity index (χ1n) is 9.11. The van der Waals surface area contributed by atoms with E-state index in [1.807, 2.05) is 6.92 Å². The zero-order valence-electron chi connectivity index (χ0n) is 19.2. The molecule has 0 radical (unpaired) electrons. The fourth-order valence-corrected chi connectivity index (χ4v) is 4.01. The van der Waals surface area contributed by atoms with Gasteiger partial charge in [-0.15, -0.1) is 0 Å². The van der Waals surface area contributed by atoms with Crippen molar-refractivity contribution in [2.45, 2.75) is 36.0 Å². The molecule has 0 aliphatic heterocycles. The third kappa shape index (κ3) is 7.54. The van der Waals surface area contributed by atoms with Gasteiger partial charge in [0, 0.05) is 5.56 Å². The molecule has 0 aliphatic carbocycles. The molecular formula is C19H17N2Na3O8S2. The summed E-state index contributed by atoms with van der Waals surface area (Å²) in [6.45, 7) is 1.89. The second-order valence-corrected chi connectivity index (χ2v) is 9.47. The molecule has 3 aromatic rings. The molecule has 166 valence electrons. The van der Waals surface area contributed by atoms with Crippen LogP contribution in [0.1, 0.15) is 25.3 Å². The first-order valence-corrected chi connectivity index (χ1v) is 11.9. The number of benzene rings is 2. The third-order valence-corrected chi connectivity index (χ3v) is 6.32. The van der Waals surface area contributed by atoms with Gasteiger partial charge in [-0.25, -0.2) is 21.5 Å². The minimum absolute atomic E-state index is 0. The van der Waals surface area contributed by atoms with Gasteiger partial charge < -0.3 is 14.2 Å². The fraction of sp³-hybridized carbons (Fsp3) is 0.211. The molecule has 10 nitrogen and oxygen atoms in total. The SMILES string of the molecule is CCCCc1c([O-])n(-c2ccc(S(=O)(=O)[O-])cc2)n(-c2ccc(S(=O)(=O)[O-])cc2)c1=O.[Na+].[Na+].[Na+]. The first-order chi connectivity index (χ1) is 14.4. The van der Waals surface area contributed by atoms with Gasteiger partial charge in [0.05, 0.1) is 21.2 Å². The minimum Gasteiger partial charge on any atom is -0.858 e. The van der Waals surface area contributed by atoms with Gasteiger partial charge in [0.2, 0.25) is 0 Å². The van der Waals surface area contributed by atoms with E-state index < -0.39 is 41.5 Å². The number of unbranched alkanes of at least 4 members (excludes halogenated alkanes) is 1. The minimum atomic E-state index is -4.70. The molecule has 0 fully saturated rings. The van der Waals surface area contributed by atoms with Gasteiger partial charge in [0.25, 0.3) is 5.56 Å². The molecule has 3 rings (SSSR count). The van der Waals surface area contributed by atoms with E-state index in [1.165, 1.54) is 24.3 Å². The van der Waals surface area contributed by atoms with Gasteiger partial charge in [-0.1, -0.05) is 13.3 Å². The monoisotopic (exact) mass is 534 g/mol. The Morgan fingerprint density at radius 2 is 1.12 bits per heavy atom. The van der Waals surface area contributed by atoms with Crippen LogP contribution in [0.4, 0.5) is 0 Å². The number of hydrogen-bond acceptors (Lipinski definition) is 8. The summed E-state index contributed by atoms with van der Waals surface area (Å²) in [7, 11) is -9.40. The smallest absolute Gasteiger partial charge is 0.858 e. The van der Waals surface area contributed by atoms with Crippen molar-refractivity contribution in [1.29, 1.82) is 0 Å². The molecule has 0 spiro atoms. The molecule has 34 heavy (non-hydrogen) atoms. The normalized spacial score (nSPS) is 11.1. The van der Waals surface area contributed by atoms with Gasteiger partial charge in [0.1, 0.15) is 20.2 Å².